The third-order valence-electron chi connectivity index (χ3n) is 4.98. The third-order valence-corrected chi connectivity index (χ3v) is 4.98. The Morgan fingerprint density at radius 1 is 1.14 bits per heavy atom. The topological polar surface area (TPSA) is 107 Å². The number of aryl methyl sites for hydroxylation is 2. The molecule has 2 aromatic rings. The van der Waals surface area contributed by atoms with Gasteiger partial charge in [0.25, 0.3) is 0 Å². The lowest BCUT2D eigenvalue weighted by Gasteiger charge is -2.20. The molecular formula is C27H35N5O3. The monoisotopic (exact) mass is 477 g/mol. The van der Waals surface area contributed by atoms with Crippen LogP contribution in [0.15, 0.2) is 53.3 Å². The Labute approximate surface area is 208 Å². The number of carbonyl (C=O) groups excluding carboxylic acids is 2. The second-order valence-corrected chi connectivity index (χ2v) is 7.80. The average molecular weight is 478 g/mol. The molecule has 8 heteroatoms. The molecule has 0 spiro atoms. The van der Waals surface area contributed by atoms with E-state index in [1.807, 2.05) is 58.2 Å². The molecular weight excluding hydrogens is 442 g/mol. The van der Waals surface area contributed by atoms with Crippen LogP contribution in [0.3, 0.4) is 0 Å². The number of hydrogen-bond acceptors (Lipinski definition) is 6. The number of carbonyl (C=O) groups is 2. The van der Waals surface area contributed by atoms with E-state index in [2.05, 4.69) is 36.5 Å². The molecule has 0 radical (unpaired) electrons. The summed E-state index contributed by atoms with van der Waals surface area (Å²) in [5.41, 5.74) is 3.72. The van der Waals surface area contributed by atoms with Gasteiger partial charge in [-0.2, -0.15) is 10.3 Å². The van der Waals surface area contributed by atoms with E-state index in [9.17, 15) is 9.59 Å². The van der Waals surface area contributed by atoms with Gasteiger partial charge in [0.15, 0.2) is 6.29 Å². The number of anilines is 2. The second-order valence-electron chi connectivity index (χ2n) is 7.80. The Hall–Kier alpha value is -4.12. The van der Waals surface area contributed by atoms with E-state index >= 15 is 0 Å². The predicted molar refractivity (Wildman–Crippen MR) is 142 cm³/mol. The molecule has 2 N–H and O–H groups in total. The molecule has 0 aromatic heterocycles. The van der Waals surface area contributed by atoms with Gasteiger partial charge < -0.3 is 15.4 Å². The van der Waals surface area contributed by atoms with E-state index in [4.69, 9.17) is 10.00 Å². The van der Waals surface area contributed by atoms with Crippen molar-refractivity contribution in [2.75, 3.05) is 17.4 Å². The minimum absolute atomic E-state index is 0.297. The molecule has 0 saturated heterocycles. The molecule has 2 amide bonds. The number of hydrazone groups is 1. The molecule has 35 heavy (non-hydrogen) atoms. The maximum Gasteiger partial charge on any atom is 0.342 e. The van der Waals surface area contributed by atoms with Crippen LogP contribution in [0.25, 0.3) is 0 Å². The summed E-state index contributed by atoms with van der Waals surface area (Å²) in [5.74, 6) is 1.79. The molecule has 0 aliphatic rings. The Bertz CT molecular complexity index is 1090. The highest BCUT2D eigenvalue weighted by molar-refractivity contribution is 6.36. The zero-order valence-corrected chi connectivity index (χ0v) is 21.8. The second kappa shape index (κ2) is 14.2. The number of hydrogen-bond donors (Lipinski definition) is 2. The fraction of sp³-hybridized carbons (Fsp3) is 0.333. The third kappa shape index (κ3) is 8.31. The molecule has 8 nitrogen and oxygen atoms in total. The van der Waals surface area contributed by atoms with Gasteiger partial charge in [-0.15, -0.1) is 5.10 Å². The van der Waals surface area contributed by atoms with Crippen LogP contribution in [-0.2, 0) is 4.79 Å². The van der Waals surface area contributed by atoms with Crippen molar-refractivity contribution in [1.82, 2.24) is 5.32 Å². The Morgan fingerprint density at radius 3 is 2.17 bits per heavy atom. The van der Waals surface area contributed by atoms with Gasteiger partial charge in [-0.25, -0.2) is 4.79 Å². The first-order valence-corrected chi connectivity index (χ1v) is 11.5. The van der Waals surface area contributed by atoms with Crippen molar-refractivity contribution in [3.63, 3.8) is 0 Å². The lowest BCUT2D eigenvalue weighted by Crippen LogP contribution is -2.35. The van der Waals surface area contributed by atoms with Crippen molar-refractivity contribution in [3.05, 3.63) is 59.3 Å². The number of nitrogens with one attached hydrogen (secondary N) is 2. The maximum atomic E-state index is 12.3. The number of allylic oxidation sites excluding steroid dienone is 1. The normalized spacial score (nSPS) is 11.1. The number of benzene rings is 2. The number of ether oxygens (including phenoxy) is 1. The molecule has 0 aliphatic carbocycles. The summed E-state index contributed by atoms with van der Waals surface area (Å²) >= 11 is 0. The number of nitrogens with zero attached hydrogens (tertiary/aromatic N) is 3. The fourth-order valence-electron chi connectivity index (χ4n) is 2.82. The van der Waals surface area contributed by atoms with Crippen LogP contribution in [0, 0.1) is 31.1 Å². The van der Waals surface area contributed by atoms with Crippen LogP contribution in [-0.4, -0.2) is 25.1 Å². The summed E-state index contributed by atoms with van der Waals surface area (Å²) in [7, 11) is 1.44. The first-order valence-electron chi connectivity index (χ1n) is 11.5. The van der Waals surface area contributed by atoms with Crippen LogP contribution in [0.1, 0.15) is 45.7 Å². The van der Waals surface area contributed by atoms with Gasteiger partial charge in [0.05, 0.1) is 5.69 Å². The van der Waals surface area contributed by atoms with E-state index < -0.39 is 11.7 Å². The smallest absolute Gasteiger partial charge is 0.342 e. The Balaban J connectivity index is 0.00000298. The predicted octanol–water partition coefficient (Wildman–Crippen LogP) is 6.32. The standard InChI is InChI=1S/C25H29N5O3.C2H6/c1-16(2)19(5)14-28-20-7-9-23(10-8-20)33-24-17(3)11-22(12-18(24)4)30(25(32)27-6)29-21(13-26)15-31;1-2/h7-12,14-16,28H,1-6H3,(H,27,32);1-2H3/b19-14+,29-21-;. The van der Waals surface area contributed by atoms with E-state index in [1.54, 1.807) is 18.2 Å². The molecule has 0 saturated carbocycles. The van der Waals surface area contributed by atoms with Crippen LogP contribution < -0.4 is 20.4 Å². The van der Waals surface area contributed by atoms with Crippen LogP contribution >= 0.6 is 0 Å². The van der Waals surface area contributed by atoms with E-state index in [-0.39, 0.29) is 0 Å². The van der Waals surface area contributed by atoms with Crippen molar-refractivity contribution in [2.45, 2.75) is 48.5 Å². The maximum absolute atomic E-state index is 12.3. The summed E-state index contributed by atoms with van der Waals surface area (Å²) in [6, 6.07) is 12.1. The van der Waals surface area contributed by atoms with Crippen LogP contribution in [0.4, 0.5) is 16.2 Å². The van der Waals surface area contributed by atoms with Crippen molar-refractivity contribution < 1.29 is 14.3 Å². The first kappa shape index (κ1) is 28.9. The van der Waals surface area contributed by atoms with Gasteiger partial charge in [0.1, 0.15) is 17.6 Å². The first-order chi connectivity index (χ1) is 16.7. The zero-order chi connectivity index (χ0) is 26.5. The molecule has 0 atom stereocenters. The lowest BCUT2D eigenvalue weighted by molar-refractivity contribution is -0.102. The van der Waals surface area contributed by atoms with Gasteiger partial charge in [-0.05, 0) is 74.2 Å². The summed E-state index contributed by atoms with van der Waals surface area (Å²) in [4.78, 5) is 23.3. The van der Waals surface area contributed by atoms with Gasteiger partial charge in [-0.3, -0.25) is 4.79 Å². The van der Waals surface area contributed by atoms with E-state index in [0.29, 0.717) is 29.4 Å². The van der Waals surface area contributed by atoms with Crippen molar-refractivity contribution in [3.8, 4) is 17.6 Å². The summed E-state index contributed by atoms with van der Waals surface area (Å²) in [5, 5.41) is 19.6. The van der Waals surface area contributed by atoms with Gasteiger partial charge in [0.2, 0.25) is 5.71 Å². The molecule has 0 heterocycles. The van der Waals surface area contributed by atoms with Crippen molar-refractivity contribution in [1.29, 1.82) is 5.26 Å². The minimum Gasteiger partial charge on any atom is -0.457 e. The quantitative estimate of drug-likeness (QED) is 0.263. The Morgan fingerprint density at radius 2 is 1.71 bits per heavy atom. The molecule has 2 rings (SSSR count). The van der Waals surface area contributed by atoms with Gasteiger partial charge >= 0.3 is 6.03 Å². The number of urea groups is 1. The molecule has 0 unspecified atom stereocenters. The number of nitriles is 1. The van der Waals surface area contributed by atoms with Crippen molar-refractivity contribution in [2.24, 2.45) is 11.0 Å². The van der Waals surface area contributed by atoms with Crippen molar-refractivity contribution >= 4 is 29.4 Å². The van der Waals surface area contributed by atoms with E-state index in [0.717, 1.165) is 21.8 Å². The number of rotatable bonds is 8. The van der Waals surface area contributed by atoms with Crippen LogP contribution in [0.2, 0.25) is 0 Å². The van der Waals surface area contributed by atoms with Gasteiger partial charge in [-0.1, -0.05) is 33.3 Å². The molecule has 0 aliphatic heterocycles. The SMILES string of the molecule is CC.CNC(=O)N(/N=C(/C#N)C=O)c1cc(C)c(Oc2ccc(N/C=C(\C)C(C)C)cc2)c(C)c1. The van der Waals surface area contributed by atoms with E-state index in [1.165, 1.54) is 12.6 Å². The fourth-order valence-corrected chi connectivity index (χ4v) is 2.82. The highest BCUT2D eigenvalue weighted by Crippen LogP contribution is 2.33. The molecule has 2 aromatic carbocycles. The Kier molecular flexibility index (Phi) is 11.7. The lowest BCUT2D eigenvalue weighted by atomic mass is 10.1. The number of amides is 2. The molecule has 0 bridgehead atoms. The molecule has 186 valence electrons. The highest BCUT2D eigenvalue weighted by atomic mass is 16.5. The average Bonchev–Trinajstić information content (AvgIpc) is 2.86. The van der Waals surface area contributed by atoms with Gasteiger partial charge in [0, 0.05) is 18.9 Å². The highest BCUT2D eigenvalue weighted by Gasteiger charge is 2.18. The largest absolute Gasteiger partial charge is 0.457 e. The zero-order valence-electron chi connectivity index (χ0n) is 21.8. The summed E-state index contributed by atoms with van der Waals surface area (Å²) in [6.07, 6.45) is 2.29. The number of aldehydes is 1. The summed E-state index contributed by atoms with van der Waals surface area (Å²) < 4.78 is 6.10. The molecule has 0 fully saturated rings. The van der Waals surface area contributed by atoms with Crippen LogP contribution in [0.5, 0.6) is 11.5 Å². The summed E-state index contributed by atoms with van der Waals surface area (Å²) in [6.45, 7) is 14.1. The minimum atomic E-state index is -0.582.